The molecule has 0 aromatic heterocycles. The van der Waals surface area contributed by atoms with Gasteiger partial charge in [0.05, 0.1) is 9.37 Å². The quantitative estimate of drug-likeness (QED) is 0.790. The third kappa shape index (κ3) is 4.83. The SMILES string of the molecule is CCC[C@H](CCO)NS(=O)(=O)c1ccc(Br)c(F)c1. The van der Waals surface area contributed by atoms with Crippen molar-refractivity contribution in [3.63, 3.8) is 0 Å². The topological polar surface area (TPSA) is 66.4 Å². The predicted octanol–water partition coefficient (Wildman–Crippen LogP) is 2.42. The highest BCUT2D eigenvalue weighted by Gasteiger charge is 2.20. The van der Waals surface area contributed by atoms with Gasteiger partial charge in [0.2, 0.25) is 10.0 Å². The largest absolute Gasteiger partial charge is 0.396 e. The maximum atomic E-state index is 13.4. The molecule has 19 heavy (non-hydrogen) atoms. The zero-order valence-corrected chi connectivity index (χ0v) is 13.0. The second kappa shape index (κ2) is 7.33. The molecule has 1 aromatic carbocycles. The van der Waals surface area contributed by atoms with E-state index >= 15 is 0 Å². The summed E-state index contributed by atoms with van der Waals surface area (Å²) < 4.78 is 40.2. The van der Waals surface area contributed by atoms with Crippen LogP contribution in [0, 0.1) is 5.82 Å². The molecule has 1 aromatic rings. The lowest BCUT2D eigenvalue weighted by Crippen LogP contribution is -2.35. The third-order valence-electron chi connectivity index (χ3n) is 2.64. The minimum Gasteiger partial charge on any atom is -0.396 e. The Morgan fingerprint density at radius 1 is 1.42 bits per heavy atom. The molecular formula is C12H17BrFNO3S. The van der Waals surface area contributed by atoms with Gasteiger partial charge in [-0.25, -0.2) is 17.5 Å². The Morgan fingerprint density at radius 2 is 2.11 bits per heavy atom. The van der Waals surface area contributed by atoms with E-state index in [0.29, 0.717) is 12.8 Å². The fourth-order valence-corrected chi connectivity index (χ4v) is 3.26. The molecule has 0 aliphatic rings. The Labute approximate surface area is 121 Å². The summed E-state index contributed by atoms with van der Waals surface area (Å²) in [5.74, 6) is -0.628. The van der Waals surface area contributed by atoms with Gasteiger partial charge in [-0.2, -0.15) is 0 Å². The molecule has 0 saturated carbocycles. The lowest BCUT2D eigenvalue weighted by atomic mass is 10.1. The first kappa shape index (κ1) is 16.6. The Bertz CT molecular complexity index is 516. The Kier molecular flexibility index (Phi) is 6.38. The van der Waals surface area contributed by atoms with Gasteiger partial charge < -0.3 is 5.11 Å². The number of hydrogen-bond acceptors (Lipinski definition) is 3. The van der Waals surface area contributed by atoms with Crippen LogP contribution in [0.4, 0.5) is 4.39 Å². The number of nitrogens with one attached hydrogen (secondary N) is 1. The van der Waals surface area contributed by atoms with E-state index in [2.05, 4.69) is 20.7 Å². The molecule has 2 N–H and O–H groups in total. The van der Waals surface area contributed by atoms with E-state index in [1.165, 1.54) is 12.1 Å². The number of aliphatic hydroxyl groups is 1. The second-order valence-electron chi connectivity index (χ2n) is 4.20. The summed E-state index contributed by atoms with van der Waals surface area (Å²) in [4.78, 5) is -0.118. The van der Waals surface area contributed by atoms with Crippen molar-refractivity contribution < 1.29 is 17.9 Å². The van der Waals surface area contributed by atoms with Gasteiger partial charge in [0.1, 0.15) is 5.82 Å². The summed E-state index contributed by atoms with van der Waals surface area (Å²) in [7, 11) is -3.77. The number of rotatable bonds is 7. The van der Waals surface area contributed by atoms with Gasteiger partial charge in [0.25, 0.3) is 0 Å². The molecule has 0 aliphatic heterocycles. The van der Waals surface area contributed by atoms with Crippen LogP contribution in [0.5, 0.6) is 0 Å². The molecule has 4 nitrogen and oxygen atoms in total. The van der Waals surface area contributed by atoms with Crippen molar-refractivity contribution >= 4 is 26.0 Å². The smallest absolute Gasteiger partial charge is 0.240 e. The van der Waals surface area contributed by atoms with Gasteiger partial charge in [-0.1, -0.05) is 13.3 Å². The van der Waals surface area contributed by atoms with Gasteiger partial charge in [-0.15, -0.1) is 0 Å². The van der Waals surface area contributed by atoms with Crippen molar-refractivity contribution in [2.24, 2.45) is 0 Å². The van der Waals surface area contributed by atoms with Crippen LogP contribution in [0.25, 0.3) is 0 Å². The van der Waals surface area contributed by atoms with Gasteiger partial charge in [0.15, 0.2) is 0 Å². The van der Waals surface area contributed by atoms with Crippen LogP contribution in [-0.4, -0.2) is 26.2 Å². The van der Waals surface area contributed by atoms with Crippen LogP contribution < -0.4 is 4.72 Å². The number of halogens is 2. The molecule has 1 rings (SSSR count). The zero-order valence-electron chi connectivity index (χ0n) is 10.6. The average Bonchev–Trinajstić information content (AvgIpc) is 2.32. The highest BCUT2D eigenvalue weighted by molar-refractivity contribution is 9.10. The first-order valence-electron chi connectivity index (χ1n) is 5.99. The summed E-state index contributed by atoms with van der Waals surface area (Å²) in [5, 5.41) is 8.91. The molecule has 0 spiro atoms. The van der Waals surface area contributed by atoms with Gasteiger partial charge in [-0.05, 0) is 47.0 Å². The molecule has 0 aliphatic carbocycles. The van der Waals surface area contributed by atoms with Crippen molar-refractivity contribution in [2.45, 2.75) is 37.1 Å². The normalized spacial score (nSPS) is 13.5. The molecule has 7 heteroatoms. The van der Waals surface area contributed by atoms with E-state index in [1.807, 2.05) is 6.92 Å². The van der Waals surface area contributed by atoms with Gasteiger partial charge in [-0.3, -0.25) is 0 Å². The maximum absolute atomic E-state index is 13.4. The monoisotopic (exact) mass is 353 g/mol. The highest BCUT2D eigenvalue weighted by Crippen LogP contribution is 2.20. The molecular weight excluding hydrogens is 337 g/mol. The molecule has 108 valence electrons. The van der Waals surface area contributed by atoms with Crippen LogP contribution in [0.2, 0.25) is 0 Å². The first-order chi connectivity index (χ1) is 8.90. The minimum absolute atomic E-state index is 0.0954. The Balaban J connectivity index is 2.92. The molecule has 0 fully saturated rings. The molecule has 0 unspecified atom stereocenters. The number of hydrogen-bond donors (Lipinski definition) is 2. The number of sulfonamides is 1. The zero-order chi connectivity index (χ0) is 14.5. The van der Waals surface area contributed by atoms with Crippen LogP contribution in [0.1, 0.15) is 26.2 Å². The lowest BCUT2D eigenvalue weighted by Gasteiger charge is -2.17. The van der Waals surface area contributed by atoms with Crippen molar-refractivity contribution in [3.05, 3.63) is 28.5 Å². The van der Waals surface area contributed by atoms with Crippen LogP contribution in [0.3, 0.4) is 0 Å². The van der Waals surface area contributed by atoms with E-state index < -0.39 is 15.8 Å². The van der Waals surface area contributed by atoms with E-state index in [0.717, 1.165) is 12.5 Å². The van der Waals surface area contributed by atoms with Crippen LogP contribution in [0.15, 0.2) is 27.6 Å². The summed E-state index contributed by atoms with van der Waals surface area (Å²) >= 11 is 2.97. The number of benzene rings is 1. The summed E-state index contributed by atoms with van der Waals surface area (Å²) in [6.45, 7) is 1.83. The van der Waals surface area contributed by atoms with Gasteiger partial charge in [0, 0.05) is 12.6 Å². The Hall–Kier alpha value is -0.500. The minimum atomic E-state index is -3.77. The van der Waals surface area contributed by atoms with E-state index in [4.69, 9.17) is 5.11 Å². The first-order valence-corrected chi connectivity index (χ1v) is 8.26. The highest BCUT2D eigenvalue weighted by atomic mass is 79.9. The van der Waals surface area contributed by atoms with E-state index in [1.54, 1.807) is 0 Å². The van der Waals surface area contributed by atoms with Gasteiger partial charge >= 0.3 is 0 Å². The van der Waals surface area contributed by atoms with Crippen LogP contribution >= 0.6 is 15.9 Å². The summed E-state index contributed by atoms with van der Waals surface area (Å²) in [5.41, 5.74) is 0. The van der Waals surface area contributed by atoms with Crippen molar-refractivity contribution in [1.82, 2.24) is 4.72 Å². The summed E-state index contributed by atoms with van der Waals surface area (Å²) in [6.07, 6.45) is 1.76. The van der Waals surface area contributed by atoms with Crippen LogP contribution in [-0.2, 0) is 10.0 Å². The molecule has 0 heterocycles. The molecule has 1 atom stereocenters. The predicted molar refractivity (Wildman–Crippen MR) is 74.8 cm³/mol. The number of aliphatic hydroxyl groups excluding tert-OH is 1. The van der Waals surface area contributed by atoms with E-state index in [9.17, 15) is 12.8 Å². The molecule has 0 saturated heterocycles. The van der Waals surface area contributed by atoms with Crippen molar-refractivity contribution in [2.75, 3.05) is 6.61 Å². The Morgan fingerprint density at radius 3 is 2.63 bits per heavy atom. The fraction of sp³-hybridized carbons (Fsp3) is 0.500. The lowest BCUT2D eigenvalue weighted by molar-refractivity contribution is 0.268. The van der Waals surface area contributed by atoms with Crippen molar-refractivity contribution in [3.8, 4) is 0 Å². The van der Waals surface area contributed by atoms with E-state index in [-0.39, 0.29) is 22.0 Å². The fourth-order valence-electron chi connectivity index (χ4n) is 1.70. The molecule has 0 radical (unpaired) electrons. The second-order valence-corrected chi connectivity index (χ2v) is 6.76. The molecule has 0 amide bonds. The molecule has 0 bridgehead atoms. The average molecular weight is 354 g/mol. The maximum Gasteiger partial charge on any atom is 0.240 e. The third-order valence-corrected chi connectivity index (χ3v) is 4.80. The van der Waals surface area contributed by atoms with Crippen molar-refractivity contribution in [1.29, 1.82) is 0 Å². The standard InChI is InChI=1S/C12H17BrFNO3S/c1-2-3-9(6-7-16)15-19(17,18)10-4-5-11(13)12(14)8-10/h4-5,8-9,15-16H,2-3,6-7H2,1H3/t9-/m1/s1. The summed E-state index contributed by atoms with van der Waals surface area (Å²) in [6, 6.07) is 3.31.